The minimum absolute atomic E-state index is 0.110. The van der Waals surface area contributed by atoms with Crippen molar-refractivity contribution in [3.63, 3.8) is 0 Å². The van der Waals surface area contributed by atoms with Crippen LogP contribution in [0.5, 0.6) is 0 Å². The van der Waals surface area contributed by atoms with E-state index in [9.17, 15) is 22.4 Å². The second-order valence-electron chi connectivity index (χ2n) is 4.91. The number of halogens is 4. The lowest BCUT2D eigenvalue weighted by molar-refractivity contribution is -0.137. The summed E-state index contributed by atoms with van der Waals surface area (Å²) < 4.78 is 55.7. The molecule has 0 spiro atoms. The number of hydrogen-bond donors (Lipinski definition) is 0. The average molecular weight is 290 g/mol. The van der Waals surface area contributed by atoms with Gasteiger partial charge in [-0.2, -0.15) is 13.2 Å². The van der Waals surface area contributed by atoms with E-state index in [0.29, 0.717) is 30.5 Å². The maximum absolute atomic E-state index is 13.4. The summed E-state index contributed by atoms with van der Waals surface area (Å²) in [6, 6.07) is 1.72. The molecule has 0 unspecified atom stereocenters. The molecule has 0 atom stereocenters. The minimum atomic E-state index is -4.62. The van der Waals surface area contributed by atoms with E-state index < -0.39 is 29.1 Å². The summed E-state index contributed by atoms with van der Waals surface area (Å²) in [7, 11) is 0. The lowest BCUT2D eigenvalue weighted by Gasteiger charge is -2.24. The van der Waals surface area contributed by atoms with Gasteiger partial charge in [-0.3, -0.25) is 0 Å². The van der Waals surface area contributed by atoms with Crippen LogP contribution in [0.15, 0.2) is 18.2 Å². The normalized spacial score (nSPS) is 15.8. The fourth-order valence-electron chi connectivity index (χ4n) is 2.04. The molecule has 0 N–H and O–H groups in total. The highest BCUT2D eigenvalue weighted by atomic mass is 19.4. The number of ether oxygens (including phenoxy) is 1. The monoisotopic (exact) mass is 290 g/mol. The summed E-state index contributed by atoms with van der Waals surface area (Å²) in [5.41, 5.74) is -1.74. The standard InChI is InChI=1S/C14H14F4O2/c15-12-5-4-10(14(16,17)18)8-11(12)13(19)20-7-6-9-2-1-3-9/h4-5,8-9H,1-3,6-7H2. The third-order valence-corrected chi connectivity index (χ3v) is 3.50. The molecule has 1 saturated carbocycles. The Balaban J connectivity index is 2.00. The van der Waals surface area contributed by atoms with Crippen molar-refractivity contribution in [3.8, 4) is 0 Å². The number of rotatable bonds is 4. The van der Waals surface area contributed by atoms with Gasteiger partial charge < -0.3 is 4.74 Å². The predicted molar refractivity (Wildman–Crippen MR) is 63.6 cm³/mol. The van der Waals surface area contributed by atoms with Gasteiger partial charge in [-0.15, -0.1) is 0 Å². The van der Waals surface area contributed by atoms with Gasteiger partial charge in [0, 0.05) is 0 Å². The van der Waals surface area contributed by atoms with E-state index in [2.05, 4.69) is 0 Å². The smallest absolute Gasteiger partial charge is 0.416 e. The first-order valence-electron chi connectivity index (χ1n) is 6.42. The summed E-state index contributed by atoms with van der Waals surface area (Å²) in [5.74, 6) is -1.55. The third kappa shape index (κ3) is 3.49. The van der Waals surface area contributed by atoms with Gasteiger partial charge in [0.15, 0.2) is 0 Å². The zero-order chi connectivity index (χ0) is 14.8. The van der Waals surface area contributed by atoms with Crippen LogP contribution in [0.25, 0.3) is 0 Å². The molecule has 20 heavy (non-hydrogen) atoms. The van der Waals surface area contributed by atoms with Crippen molar-refractivity contribution in [2.24, 2.45) is 5.92 Å². The quantitative estimate of drug-likeness (QED) is 0.614. The summed E-state index contributed by atoms with van der Waals surface area (Å²) in [6.07, 6.45) is -0.632. The Labute approximate surface area is 113 Å². The molecule has 1 aromatic rings. The number of benzene rings is 1. The first-order valence-corrected chi connectivity index (χ1v) is 6.42. The average Bonchev–Trinajstić information content (AvgIpc) is 2.31. The van der Waals surface area contributed by atoms with Gasteiger partial charge in [0.25, 0.3) is 0 Å². The highest BCUT2D eigenvalue weighted by Gasteiger charge is 2.32. The van der Waals surface area contributed by atoms with Gasteiger partial charge in [0.2, 0.25) is 0 Å². The Bertz CT molecular complexity index is 492. The molecule has 1 aliphatic carbocycles. The van der Waals surface area contributed by atoms with Crippen molar-refractivity contribution in [2.75, 3.05) is 6.61 Å². The van der Waals surface area contributed by atoms with Crippen LogP contribution in [0.1, 0.15) is 41.6 Å². The zero-order valence-electron chi connectivity index (χ0n) is 10.7. The van der Waals surface area contributed by atoms with Gasteiger partial charge in [-0.1, -0.05) is 19.3 Å². The summed E-state index contributed by atoms with van der Waals surface area (Å²) in [5, 5.41) is 0. The molecule has 6 heteroatoms. The summed E-state index contributed by atoms with van der Waals surface area (Å²) in [6.45, 7) is 0.110. The van der Waals surface area contributed by atoms with Crippen molar-refractivity contribution < 1.29 is 27.1 Å². The maximum atomic E-state index is 13.4. The number of hydrogen-bond acceptors (Lipinski definition) is 2. The van der Waals surface area contributed by atoms with Crippen molar-refractivity contribution in [1.82, 2.24) is 0 Å². The molecule has 1 fully saturated rings. The van der Waals surface area contributed by atoms with E-state index >= 15 is 0 Å². The predicted octanol–water partition coefficient (Wildman–Crippen LogP) is 4.19. The molecule has 1 aromatic carbocycles. The van der Waals surface area contributed by atoms with Crippen molar-refractivity contribution >= 4 is 5.97 Å². The van der Waals surface area contributed by atoms with Gasteiger partial charge in [0.05, 0.1) is 17.7 Å². The van der Waals surface area contributed by atoms with Crippen molar-refractivity contribution in [3.05, 3.63) is 35.1 Å². The van der Waals surface area contributed by atoms with E-state index in [1.165, 1.54) is 0 Å². The van der Waals surface area contributed by atoms with E-state index in [1.807, 2.05) is 0 Å². The van der Waals surface area contributed by atoms with Crippen LogP contribution in [-0.4, -0.2) is 12.6 Å². The van der Waals surface area contributed by atoms with E-state index in [4.69, 9.17) is 4.74 Å². The number of esters is 1. The molecular formula is C14H14F4O2. The zero-order valence-corrected chi connectivity index (χ0v) is 10.7. The molecule has 0 heterocycles. The van der Waals surface area contributed by atoms with Gasteiger partial charge in [0.1, 0.15) is 5.82 Å². The molecule has 2 nitrogen and oxygen atoms in total. The topological polar surface area (TPSA) is 26.3 Å². The van der Waals surface area contributed by atoms with Crippen LogP contribution in [-0.2, 0) is 10.9 Å². The molecule has 0 amide bonds. The third-order valence-electron chi connectivity index (χ3n) is 3.50. The Morgan fingerprint density at radius 2 is 2.00 bits per heavy atom. The molecule has 0 radical (unpaired) electrons. The largest absolute Gasteiger partial charge is 0.462 e. The molecular weight excluding hydrogens is 276 g/mol. The van der Waals surface area contributed by atoms with E-state index in [0.717, 1.165) is 19.3 Å². The van der Waals surface area contributed by atoms with Crippen LogP contribution in [0.3, 0.4) is 0 Å². The molecule has 0 aromatic heterocycles. The maximum Gasteiger partial charge on any atom is 0.416 e. The Hall–Kier alpha value is -1.59. The second kappa shape index (κ2) is 5.81. The molecule has 0 aliphatic heterocycles. The van der Waals surface area contributed by atoms with E-state index in [-0.39, 0.29) is 6.61 Å². The Kier molecular flexibility index (Phi) is 4.30. The Morgan fingerprint density at radius 3 is 2.55 bits per heavy atom. The van der Waals surface area contributed by atoms with E-state index in [1.54, 1.807) is 0 Å². The number of alkyl halides is 3. The van der Waals surface area contributed by atoms with Gasteiger partial charge in [-0.25, -0.2) is 9.18 Å². The molecule has 110 valence electrons. The second-order valence-corrected chi connectivity index (χ2v) is 4.91. The molecule has 0 bridgehead atoms. The Morgan fingerprint density at radius 1 is 1.30 bits per heavy atom. The fourth-order valence-corrected chi connectivity index (χ4v) is 2.04. The van der Waals surface area contributed by atoms with Crippen LogP contribution >= 0.6 is 0 Å². The lowest BCUT2D eigenvalue weighted by Crippen LogP contribution is -2.16. The highest BCUT2D eigenvalue weighted by molar-refractivity contribution is 5.90. The van der Waals surface area contributed by atoms with Crippen LogP contribution < -0.4 is 0 Å². The van der Waals surface area contributed by atoms with Gasteiger partial charge >= 0.3 is 12.1 Å². The minimum Gasteiger partial charge on any atom is -0.462 e. The first-order chi connectivity index (χ1) is 9.38. The SMILES string of the molecule is O=C(OCCC1CCC1)c1cc(C(F)(F)F)ccc1F. The van der Waals surface area contributed by atoms with Crippen molar-refractivity contribution in [1.29, 1.82) is 0 Å². The first kappa shape index (κ1) is 14.8. The van der Waals surface area contributed by atoms with Crippen LogP contribution in [0, 0.1) is 11.7 Å². The number of carbonyl (C=O) groups is 1. The van der Waals surface area contributed by atoms with Crippen molar-refractivity contribution in [2.45, 2.75) is 31.9 Å². The lowest BCUT2D eigenvalue weighted by atomic mass is 9.83. The molecule has 1 aliphatic rings. The summed E-state index contributed by atoms with van der Waals surface area (Å²) >= 11 is 0. The van der Waals surface area contributed by atoms with Crippen LogP contribution in [0.4, 0.5) is 17.6 Å². The highest BCUT2D eigenvalue weighted by Crippen LogP contribution is 2.31. The number of carbonyl (C=O) groups excluding carboxylic acids is 1. The summed E-state index contributed by atoms with van der Waals surface area (Å²) in [4.78, 5) is 11.6. The van der Waals surface area contributed by atoms with Crippen LogP contribution in [0.2, 0.25) is 0 Å². The fraction of sp³-hybridized carbons (Fsp3) is 0.500. The molecule has 0 saturated heterocycles. The molecule has 2 rings (SSSR count). The van der Waals surface area contributed by atoms with Gasteiger partial charge in [-0.05, 0) is 30.5 Å².